The summed E-state index contributed by atoms with van der Waals surface area (Å²) >= 11 is 0. The quantitative estimate of drug-likeness (QED) is 0.714. The molecule has 1 aromatic rings. The molecule has 0 radical (unpaired) electrons. The van der Waals surface area contributed by atoms with Gasteiger partial charge >= 0.3 is 0 Å². The number of carbonyl (C=O) groups is 1. The minimum Gasteiger partial charge on any atom is -0.338 e. The molecule has 0 aliphatic carbocycles. The standard InChI is InChI=1S/C15H18N2O2/c1-10(2)15(19)16-7-11-6-12(9-16)13-4-3-5-14(18)17(13)8-11/h3-5,11-12H,1,6-9H2,2H3/t11-,12+/m1/s1. The zero-order valence-electron chi connectivity index (χ0n) is 11.1. The van der Waals surface area contributed by atoms with E-state index in [2.05, 4.69) is 6.58 Å². The van der Waals surface area contributed by atoms with Gasteiger partial charge in [0.25, 0.3) is 5.56 Å². The highest BCUT2D eigenvalue weighted by Crippen LogP contribution is 2.35. The van der Waals surface area contributed by atoms with Crippen molar-refractivity contribution in [3.05, 3.63) is 46.4 Å². The van der Waals surface area contributed by atoms with Crippen molar-refractivity contribution in [1.82, 2.24) is 9.47 Å². The lowest BCUT2D eigenvalue weighted by molar-refractivity contribution is -0.129. The van der Waals surface area contributed by atoms with Crippen LogP contribution in [0.4, 0.5) is 0 Å². The third-order valence-corrected chi connectivity index (χ3v) is 4.13. The van der Waals surface area contributed by atoms with Crippen molar-refractivity contribution in [2.24, 2.45) is 5.92 Å². The minimum absolute atomic E-state index is 0.0430. The van der Waals surface area contributed by atoms with Crippen LogP contribution < -0.4 is 5.56 Å². The molecule has 4 nitrogen and oxygen atoms in total. The molecule has 0 unspecified atom stereocenters. The van der Waals surface area contributed by atoms with E-state index in [1.54, 1.807) is 13.0 Å². The number of piperidine rings is 1. The molecule has 19 heavy (non-hydrogen) atoms. The molecule has 0 aromatic carbocycles. The Bertz CT molecular complexity index is 602. The maximum absolute atomic E-state index is 12.1. The molecule has 1 amide bonds. The van der Waals surface area contributed by atoms with E-state index in [4.69, 9.17) is 0 Å². The topological polar surface area (TPSA) is 42.3 Å². The van der Waals surface area contributed by atoms with E-state index < -0.39 is 0 Å². The van der Waals surface area contributed by atoms with Gasteiger partial charge in [0.05, 0.1) is 0 Å². The van der Waals surface area contributed by atoms with Gasteiger partial charge in [-0.25, -0.2) is 0 Å². The van der Waals surface area contributed by atoms with E-state index in [1.807, 2.05) is 21.6 Å². The summed E-state index contributed by atoms with van der Waals surface area (Å²) in [5.41, 5.74) is 1.74. The second-order valence-electron chi connectivity index (χ2n) is 5.69. The van der Waals surface area contributed by atoms with E-state index in [1.165, 1.54) is 0 Å². The average molecular weight is 258 g/mol. The zero-order chi connectivity index (χ0) is 13.6. The molecule has 1 fully saturated rings. The van der Waals surface area contributed by atoms with Crippen LogP contribution in [0.15, 0.2) is 35.1 Å². The van der Waals surface area contributed by atoms with Gasteiger partial charge in [-0.05, 0) is 25.3 Å². The Hall–Kier alpha value is -1.84. The molecular weight excluding hydrogens is 240 g/mol. The summed E-state index contributed by atoms with van der Waals surface area (Å²) in [6.07, 6.45) is 1.07. The first-order valence-corrected chi connectivity index (χ1v) is 6.71. The molecular formula is C15H18N2O2. The highest BCUT2D eigenvalue weighted by molar-refractivity contribution is 5.92. The maximum Gasteiger partial charge on any atom is 0.250 e. The molecule has 3 rings (SSSR count). The normalized spacial score (nSPS) is 24.8. The summed E-state index contributed by atoms with van der Waals surface area (Å²) in [6, 6.07) is 5.44. The van der Waals surface area contributed by atoms with Crippen LogP contribution in [-0.4, -0.2) is 28.5 Å². The van der Waals surface area contributed by atoms with E-state index in [-0.39, 0.29) is 17.4 Å². The van der Waals surface area contributed by atoms with Gasteiger partial charge in [0.15, 0.2) is 0 Å². The second kappa shape index (κ2) is 4.37. The third-order valence-electron chi connectivity index (χ3n) is 4.13. The largest absolute Gasteiger partial charge is 0.338 e. The van der Waals surface area contributed by atoms with E-state index >= 15 is 0 Å². The third kappa shape index (κ3) is 2.01. The average Bonchev–Trinajstić information content (AvgIpc) is 2.39. The van der Waals surface area contributed by atoms with Crippen LogP contribution in [0.5, 0.6) is 0 Å². The van der Waals surface area contributed by atoms with Crippen LogP contribution in [0.2, 0.25) is 0 Å². The number of aromatic nitrogens is 1. The molecule has 0 saturated carbocycles. The Kier molecular flexibility index (Phi) is 2.81. The van der Waals surface area contributed by atoms with Crippen LogP contribution in [-0.2, 0) is 11.3 Å². The Labute approximate surface area is 112 Å². The van der Waals surface area contributed by atoms with Crippen molar-refractivity contribution in [2.45, 2.75) is 25.8 Å². The first-order valence-electron chi connectivity index (χ1n) is 6.71. The molecule has 100 valence electrons. The molecule has 0 N–H and O–H groups in total. The number of rotatable bonds is 1. The van der Waals surface area contributed by atoms with Crippen molar-refractivity contribution in [3.8, 4) is 0 Å². The van der Waals surface area contributed by atoms with Gasteiger partial charge in [0.1, 0.15) is 0 Å². The van der Waals surface area contributed by atoms with Gasteiger partial charge in [0, 0.05) is 42.9 Å². The summed E-state index contributed by atoms with van der Waals surface area (Å²) < 4.78 is 1.88. The lowest BCUT2D eigenvalue weighted by Gasteiger charge is -2.42. The van der Waals surface area contributed by atoms with Crippen molar-refractivity contribution >= 4 is 5.91 Å². The molecule has 3 heterocycles. The van der Waals surface area contributed by atoms with E-state index in [0.717, 1.165) is 25.2 Å². The first kappa shape index (κ1) is 12.2. The van der Waals surface area contributed by atoms with Crippen LogP contribution in [0.3, 0.4) is 0 Å². The molecule has 1 aromatic heterocycles. The smallest absolute Gasteiger partial charge is 0.250 e. The van der Waals surface area contributed by atoms with Crippen LogP contribution in [0.25, 0.3) is 0 Å². The number of hydrogen-bond acceptors (Lipinski definition) is 2. The molecule has 0 spiro atoms. The maximum atomic E-state index is 12.1. The lowest BCUT2D eigenvalue weighted by Crippen LogP contribution is -2.49. The predicted molar refractivity (Wildman–Crippen MR) is 72.9 cm³/mol. The number of hydrogen-bond donors (Lipinski definition) is 0. The number of pyridine rings is 1. The fourth-order valence-electron chi connectivity index (χ4n) is 3.33. The van der Waals surface area contributed by atoms with Crippen LogP contribution in [0.1, 0.15) is 25.0 Å². The van der Waals surface area contributed by atoms with Crippen molar-refractivity contribution in [2.75, 3.05) is 13.1 Å². The summed E-state index contributed by atoms with van der Waals surface area (Å²) in [5.74, 6) is 0.709. The van der Waals surface area contributed by atoms with E-state index in [0.29, 0.717) is 18.0 Å². The van der Waals surface area contributed by atoms with Crippen molar-refractivity contribution in [3.63, 3.8) is 0 Å². The summed E-state index contributed by atoms with van der Waals surface area (Å²) in [7, 11) is 0. The zero-order valence-corrected chi connectivity index (χ0v) is 11.1. The summed E-state index contributed by atoms with van der Waals surface area (Å²) in [5, 5.41) is 0. The van der Waals surface area contributed by atoms with Crippen LogP contribution in [0, 0.1) is 5.92 Å². The van der Waals surface area contributed by atoms with Gasteiger partial charge in [-0.15, -0.1) is 0 Å². The fourth-order valence-corrected chi connectivity index (χ4v) is 3.33. The molecule has 2 aliphatic rings. The Morgan fingerprint density at radius 1 is 1.32 bits per heavy atom. The fraction of sp³-hybridized carbons (Fsp3) is 0.467. The number of nitrogens with zero attached hydrogens (tertiary/aromatic N) is 2. The second-order valence-corrected chi connectivity index (χ2v) is 5.69. The minimum atomic E-state index is 0.0430. The number of likely N-dealkylation sites (tertiary alicyclic amines) is 1. The highest BCUT2D eigenvalue weighted by Gasteiger charge is 2.36. The van der Waals surface area contributed by atoms with Gasteiger partial charge in [0.2, 0.25) is 5.91 Å². The number of carbonyl (C=O) groups excluding carboxylic acids is 1. The Balaban J connectivity index is 1.94. The monoisotopic (exact) mass is 258 g/mol. The van der Waals surface area contributed by atoms with Crippen molar-refractivity contribution < 1.29 is 4.79 Å². The summed E-state index contributed by atoms with van der Waals surface area (Å²) in [6.45, 7) is 7.66. The molecule has 4 heteroatoms. The summed E-state index contributed by atoms with van der Waals surface area (Å²) in [4.78, 5) is 25.8. The number of amides is 1. The van der Waals surface area contributed by atoms with Gasteiger partial charge in [-0.2, -0.15) is 0 Å². The molecule has 1 saturated heterocycles. The van der Waals surface area contributed by atoms with Crippen LogP contribution >= 0.6 is 0 Å². The van der Waals surface area contributed by atoms with E-state index in [9.17, 15) is 9.59 Å². The van der Waals surface area contributed by atoms with Crippen molar-refractivity contribution in [1.29, 1.82) is 0 Å². The highest BCUT2D eigenvalue weighted by atomic mass is 16.2. The molecule has 2 atom stereocenters. The SMILES string of the molecule is C=C(C)C(=O)N1C[C@H]2C[C@@H](C1)c1cccc(=O)n1C2. The van der Waals surface area contributed by atoms with Gasteiger partial charge in [-0.1, -0.05) is 12.6 Å². The lowest BCUT2D eigenvalue weighted by atomic mass is 9.83. The molecule has 2 bridgehead atoms. The Morgan fingerprint density at radius 3 is 2.84 bits per heavy atom. The van der Waals surface area contributed by atoms with Gasteiger partial charge < -0.3 is 9.47 Å². The predicted octanol–water partition coefficient (Wildman–Crippen LogP) is 1.37. The number of fused-ring (bicyclic) bond motifs is 4. The molecule has 2 aliphatic heterocycles. The Morgan fingerprint density at radius 2 is 2.11 bits per heavy atom. The first-order chi connectivity index (χ1) is 9.06. The van der Waals surface area contributed by atoms with Gasteiger partial charge in [-0.3, -0.25) is 9.59 Å².